The first kappa shape index (κ1) is 16.2. The van der Waals surface area contributed by atoms with Crippen molar-refractivity contribution in [3.63, 3.8) is 0 Å². The molecule has 1 aromatic heterocycles. The zero-order chi connectivity index (χ0) is 16.1. The highest BCUT2D eigenvalue weighted by Crippen LogP contribution is 2.17. The molecule has 3 rings (SSSR count). The number of amides is 1. The van der Waals surface area contributed by atoms with Gasteiger partial charge < -0.3 is 15.0 Å². The molecular formula is C17H26N4O2. The number of aryl methyl sites for hydroxylation is 1. The Hall–Kier alpha value is -1.69. The molecule has 0 bridgehead atoms. The van der Waals surface area contributed by atoms with E-state index in [1.165, 1.54) is 19.3 Å². The van der Waals surface area contributed by atoms with Gasteiger partial charge in [-0.2, -0.15) is 0 Å². The Bertz CT molecular complexity index is 537. The van der Waals surface area contributed by atoms with Gasteiger partial charge in [-0.05, 0) is 45.1 Å². The normalized spacial score (nSPS) is 19.6. The van der Waals surface area contributed by atoms with Crippen molar-refractivity contribution in [2.24, 2.45) is 5.92 Å². The van der Waals surface area contributed by atoms with Crippen LogP contribution in [-0.4, -0.2) is 42.2 Å². The molecular weight excluding hydrogens is 292 g/mol. The molecule has 0 aromatic carbocycles. The lowest BCUT2D eigenvalue weighted by atomic mass is 9.99. The maximum absolute atomic E-state index is 12.2. The first-order valence-corrected chi connectivity index (χ1v) is 8.67. The van der Waals surface area contributed by atoms with E-state index < -0.39 is 0 Å². The molecule has 2 aliphatic heterocycles. The van der Waals surface area contributed by atoms with Crippen LogP contribution >= 0.6 is 0 Å². The number of carbonyl (C=O) groups is 1. The standard InChI is InChI=1S/C17H26N4O2/c1-13-11-15(12-18-16(22)14-5-9-23-10-6-14)20-17(19-13)21-7-3-2-4-8-21/h11,14H,2-10,12H2,1H3,(H,18,22). The maximum atomic E-state index is 12.2. The molecule has 0 saturated carbocycles. The molecule has 2 saturated heterocycles. The average Bonchev–Trinajstić information content (AvgIpc) is 2.61. The lowest BCUT2D eigenvalue weighted by Gasteiger charge is -2.27. The van der Waals surface area contributed by atoms with Gasteiger partial charge in [0.05, 0.1) is 12.2 Å². The number of nitrogens with one attached hydrogen (secondary N) is 1. The highest BCUT2D eigenvalue weighted by molar-refractivity contribution is 5.78. The van der Waals surface area contributed by atoms with E-state index in [0.29, 0.717) is 19.8 Å². The fourth-order valence-electron chi connectivity index (χ4n) is 3.22. The second kappa shape index (κ2) is 7.73. The van der Waals surface area contributed by atoms with E-state index in [9.17, 15) is 4.79 Å². The summed E-state index contributed by atoms with van der Waals surface area (Å²) in [4.78, 5) is 23.7. The van der Waals surface area contributed by atoms with Crippen molar-refractivity contribution in [2.75, 3.05) is 31.2 Å². The average molecular weight is 318 g/mol. The van der Waals surface area contributed by atoms with Crippen LogP contribution in [0.25, 0.3) is 0 Å². The number of nitrogens with zero attached hydrogens (tertiary/aromatic N) is 3. The minimum absolute atomic E-state index is 0.0771. The molecule has 0 radical (unpaired) electrons. The molecule has 1 N–H and O–H groups in total. The van der Waals surface area contributed by atoms with Gasteiger partial charge in [-0.1, -0.05) is 0 Å². The molecule has 6 nitrogen and oxygen atoms in total. The molecule has 126 valence electrons. The topological polar surface area (TPSA) is 67.3 Å². The van der Waals surface area contributed by atoms with Crippen molar-refractivity contribution in [3.8, 4) is 0 Å². The monoisotopic (exact) mass is 318 g/mol. The van der Waals surface area contributed by atoms with Gasteiger partial charge >= 0.3 is 0 Å². The summed E-state index contributed by atoms with van der Waals surface area (Å²) in [5.74, 6) is 0.998. The highest BCUT2D eigenvalue weighted by Gasteiger charge is 2.21. The van der Waals surface area contributed by atoms with Crippen LogP contribution in [0.1, 0.15) is 43.5 Å². The van der Waals surface area contributed by atoms with Gasteiger partial charge in [-0.25, -0.2) is 9.97 Å². The lowest BCUT2D eigenvalue weighted by molar-refractivity contribution is -0.128. The molecule has 1 aromatic rings. The minimum Gasteiger partial charge on any atom is -0.381 e. The number of hydrogen-bond acceptors (Lipinski definition) is 5. The van der Waals surface area contributed by atoms with E-state index >= 15 is 0 Å². The zero-order valence-corrected chi connectivity index (χ0v) is 13.9. The fourth-order valence-corrected chi connectivity index (χ4v) is 3.22. The van der Waals surface area contributed by atoms with Crippen molar-refractivity contribution < 1.29 is 9.53 Å². The van der Waals surface area contributed by atoms with Crippen LogP contribution in [0.3, 0.4) is 0 Å². The van der Waals surface area contributed by atoms with Gasteiger partial charge in [0.25, 0.3) is 0 Å². The Balaban J connectivity index is 1.60. The number of carbonyl (C=O) groups excluding carboxylic acids is 1. The maximum Gasteiger partial charge on any atom is 0.225 e. The summed E-state index contributed by atoms with van der Waals surface area (Å²) in [5, 5.41) is 3.02. The predicted octanol–water partition coefficient (Wildman–Crippen LogP) is 1.82. The van der Waals surface area contributed by atoms with Crippen LogP contribution in [0.2, 0.25) is 0 Å². The number of piperidine rings is 1. The number of anilines is 1. The molecule has 6 heteroatoms. The largest absolute Gasteiger partial charge is 0.381 e. The molecule has 2 fully saturated rings. The molecule has 0 aliphatic carbocycles. The number of rotatable bonds is 4. The third-order valence-electron chi connectivity index (χ3n) is 4.57. The van der Waals surface area contributed by atoms with Crippen LogP contribution < -0.4 is 10.2 Å². The van der Waals surface area contributed by atoms with Crippen LogP contribution in [0.15, 0.2) is 6.07 Å². The van der Waals surface area contributed by atoms with Crippen molar-refractivity contribution in [1.82, 2.24) is 15.3 Å². The van der Waals surface area contributed by atoms with Gasteiger partial charge in [0.2, 0.25) is 11.9 Å². The summed E-state index contributed by atoms with van der Waals surface area (Å²) in [6.07, 6.45) is 5.32. The molecule has 2 aliphatic rings. The van der Waals surface area contributed by atoms with Crippen LogP contribution in [0, 0.1) is 12.8 Å². The van der Waals surface area contributed by atoms with Crippen LogP contribution in [0.5, 0.6) is 0 Å². The van der Waals surface area contributed by atoms with Crippen molar-refractivity contribution in [2.45, 2.75) is 45.6 Å². The summed E-state index contributed by atoms with van der Waals surface area (Å²) >= 11 is 0. The smallest absolute Gasteiger partial charge is 0.225 e. The summed E-state index contributed by atoms with van der Waals surface area (Å²) in [5.41, 5.74) is 1.84. The first-order chi connectivity index (χ1) is 11.2. The van der Waals surface area contributed by atoms with E-state index in [1.54, 1.807) is 0 Å². The quantitative estimate of drug-likeness (QED) is 0.917. The SMILES string of the molecule is Cc1cc(CNC(=O)C2CCOCC2)nc(N2CCCCC2)n1. The van der Waals surface area contributed by atoms with E-state index in [0.717, 1.165) is 43.3 Å². The molecule has 3 heterocycles. The van der Waals surface area contributed by atoms with E-state index in [1.807, 2.05) is 13.0 Å². The summed E-state index contributed by atoms with van der Waals surface area (Å²) in [6.45, 7) is 5.88. The zero-order valence-electron chi connectivity index (χ0n) is 13.9. The van der Waals surface area contributed by atoms with Gasteiger partial charge in [-0.3, -0.25) is 4.79 Å². The molecule has 1 amide bonds. The Labute approximate surface area is 137 Å². The molecule has 23 heavy (non-hydrogen) atoms. The van der Waals surface area contributed by atoms with Gasteiger partial charge in [-0.15, -0.1) is 0 Å². The number of hydrogen-bond donors (Lipinski definition) is 1. The molecule has 0 atom stereocenters. The van der Waals surface area contributed by atoms with Crippen molar-refractivity contribution >= 4 is 11.9 Å². The molecule has 0 spiro atoms. The first-order valence-electron chi connectivity index (χ1n) is 8.67. The number of ether oxygens (including phenoxy) is 1. The Morgan fingerprint density at radius 2 is 2.00 bits per heavy atom. The summed E-state index contributed by atoms with van der Waals surface area (Å²) < 4.78 is 5.31. The van der Waals surface area contributed by atoms with Gasteiger partial charge in [0, 0.05) is 37.9 Å². The second-order valence-corrected chi connectivity index (χ2v) is 6.45. The van der Waals surface area contributed by atoms with Gasteiger partial charge in [0.15, 0.2) is 0 Å². The number of aromatic nitrogens is 2. The third kappa shape index (κ3) is 4.41. The summed E-state index contributed by atoms with van der Waals surface area (Å²) in [7, 11) is 0. The van der Waals surface area contributed by atoms with E-state index in [4.69, 9.17) is 4.74 Å². The Morgan fingerprint density at radius 3 is 2.74 bits per heavy atom. The van der Waals surface area contributed by atoms with Crippen molar-refractivity contribution in [1.29, 1.82) is 0 Å². The minimum atomic E-state index is 0.0771. The third-order valence-corrected chi connectivity index (χ3v) is 4.57. The molecule has 0 unspecified atom stereocenters. The Kier molecular flexibility index (Phi) is 5.43. The summed E-state index contributed by atoms with van der Waals surface area (Å²) in [6, 6.07) is 1.96. The lowest BCUT2D eigenvalue weighted by Crippen LogP contribution is -2.34. The predicted molar refractivity (Wildman–Crippen MR) is 88.2 cm³/mol. The van der Waals surface area contributed by atoms with Crippen molar-refractivity contribution in [3.05, 3.63) is 17.5 Å². The highest BCUT2D eigenvalue weighted by atomic mass is 16.5. The fraction of sp³-hybridized carbons (Fsp3) is 0.706. The van der Waals surface area contributed by atoms with E-state index in [2.05, 4.69) is 20.2 Å². The van der Waals surface area contributed by atoms with Crippen LogP contribution in [-0.2, 0) is 16.1 Å². The van der Waals surface area contributed by atoms with Gasteiger partial charge in [0.1, 0.15) is 0 Å². The second-order valence-electron chi connectivity index (χ2n) is 6.45. The van der Waals surface area contributed by atoms with Crippen LogP contribution in [0.4, 0.5) is 5.95 Å². The van der Waals surface area contributed by atoms with E-state index in [-0.39, 0.29) is 11.8 Å². The Morgan fingerprint density at radius 1 is 1.26 bits per heavy atom.